The molecule has 29 heavy (non-hydrogen) atoms. The molecule has 0 aliphatic heterocycles. The van der Waals surface area contributed by atoms with Gasteiger partial charge in [0.25, 0.3) is 5.91 Å². The summed E-state index contributed by atoms with van der Waals surface area (Å²) < 4.78 is 15.1. The highest BCUT2D eigenvalue weighted by molar-refractivity contribution is 5.96. The van der Waals surface area contributed by atoms with E-state index in [1.807, 2.05) is 18.2 Å². The molecule has 1 aliphatic carbocycles. The van der Waals surface area contributed by atoms with Crippen molar-refractivity contribution in [3.05, 3.63) is 58.7 Å². The Bertz CT molecular complexity index is 918. The van der Waals surface area contributed by atoms with E-state index in [9.17, 15) is 14.4 Å². The van der Waals surface area contributed by atoms with Gasteiger partial charge in [0, 0.05) is 5.69 Å². The molecule has 7 nitrogen and oxygen atoms in total. The Morgan fingerprint density at radius 2 is 1.52 bits per heavy atom. The van der Waals surface area contributed by atoms with Gasteiger partial charge in [-0.3, -0.25) is 4.79 Å². The summed E-state index contributed by atoms with van der Waals surface area (Å²) in [5.74, 6) is -1.41. The van der Waals surface area contributed by atoms with Crippen molar-refractivity contribution in [2.75, 3.05) is 19.5 Å². The number of hydrogen-bond acceptors (Lipinski definition) is 6. The van der Waals surface area contributed by atoms with Gasteiger partial charge in [-0.2, -0.15) is 0 Å². The molecule has 0 bridgehead atoms. The van der Waals surface area contributed by atoms with Crippen molar-refractivity contribution in [3.8, 4) is 5.75 Å². The molecule has 1 amide bonds. The lowest BCUT2D eigenvalue weighted by Crippen LogP contribution is -2.30. The first kappa shape index (κ1) is 20.4. The van der Waals surface area contributed by atoms with Gasteiger partial charge < -0.3 is 19.5 Å². The Labute approximate surface area is 169 Å². The second-order valence-electron chi connectivity index (χ2n) is 6.82. The van der Waals surface area contributed by atoms with Crippen LogP contribution in [0.3, 0.4) is 0 Å². The van der Waals surface area contributed by atoms with Gasteiger partial charge in [0.1, 0.15) is 5.75 Å². The summed E-state index contributed by atoms with van der Waals surface area (Å²) in [5.41, 5.74) is 3.53. The van der Waals surface area contributed by atoms with E-state index in [1.165, 1.54) is 43.5 Å². The fourth-order valence-electron chi connectivity index (χ4n) is 3.29. The number of methoxy groups -OCH3 is 2. The number of aryl methyl sites for hydroxylation is 2. The summed E-state index contributed by atoms with van der Waals surface area (Å²) in [6.45, 7) is 1.59. The molecule has 0 unspecified atom stereocenters. The SMILES string of the molecule is COC(=O)c1cc(O[C@@H](C)C(=O)Nc2ccc3c(c2)CCC3)cc(C(=O)OC)c1. The number of anilines is 1. The number of hydrogen-bond donors (Lipinski definition) is 1. The van der Waals surface area contributed by atoms with E-state index in [0.29, 0.717) is 5.69 Å². The minimum absolute atomic E-state index is 0.122. The Hall–Kier alpha value is -3.35. The predicted molar refractivity (Wildman–Crippen MR) is 106 cm³/mol. The van der Waals surface area contributed by atoms with Gasteiger partial charge in [0.05, 0.1) is 25.3 Å². The van der Waals surface area contributed by atoms with Crippen molar-refractivity contribution in [2.24, 2.45) is 0 Å². The van der Waals surface area contributed by atoms with Crippen molar-refractivity contribution < 1.29 is 28.6 Å². The molecule has 1 aliphatic rings. The van der Waals surface area contributed by atoms with Crippen LogP contribution in [0.2, 0.25) is 0 Å². The lowest BCUT2D eigenvalue weighted by molar-refractivity contribution is -0.122. The van der Waals surface area contributed by atoms with Gasteiger partial charge in [-0.1, -0.05) is 6.07 Å². The zero-order valence-corrected chi connectivity index (χ0v) is 16.6. The molecular weight excluding hydrogens is 374 g/mol. The first-order chi connectivity index (χ1) is 13.9. The van der Waals surface area contributed by atoms with Crippen LogP contribution in [0, 0.1) is 0 Å². The number of rotatable bonds is 6. The molecule has 3 rings (SSSR count). The molecule has 0 saturated heterocycles. The van der Waals surface area contributed by atoms with E-state index in [-0.39, 0.29) is 22.8 Å². The van der Waals surface area contributed by atoms with E-state index in [4.69, 9.17) is 14.2 Å². The van der Waals surface area contributed by atoms with Crippen molar-refractivity contribution in [1.29, 1.82) is 0 Å². The van der Waals surface area contributed by atoms with Crippen molar-refractivity contribution >= 4 is 23.5 Å². The Morgan fingerprint density at radius 1 is 0.897 bits per heavy atom. The Morgan fingerprint density at radius 3 is 2.14 bits per heavy atom. The van der Waals surface area contributed by atoms with Crippen LogP contribution >= 0.6 is 0 Å². The predicted octanol–water partition coefficient (Wildman–Crippen LogP) is 3.15. The highest BCUT2D eigenvalue weighted by atomic mass is 16.5. The molecule has 1 N–H and O–H groups in total. The van der Waals surface area contributed by atoms with Crippen LogP contribution in [0.5, 0.6) is 5.75 Å². The maximum absolute atomic E-state index is 12.5. The number of fused-ring (bicyclic) bond motifs is 1. The number of carbonyl (C=O) groups is 3. The van der Waals surface area contributed by atoms with Crippen LogP contribution in [0.4, 0.5) is 5.69 Å². The lowest BCUT2D eigenvalue weighted by atomic mass is 10.1. The standard InChI is InChI=1S/C22H23NO6/c1-13(20(24)23-18-8-7-14-5-4-6-15(14)10-18)29-19-11-16(21(25)27-2)9-17(12-19)22(26)28-3/h7-13H,4-6H2,1-3H3,(H,23,24)/t13-/m0/s1. The van der Waals surface area contributed by atoms with Crippen LogP contribution in [-0.4, -0.2) is 38.2 Å². The van der Waals surface area contributed by atoms with Crippen molar-refractivity contribution in [3.63, 3.8) is 0 Å². The van der Waals surface area contributed by atoms with Gasteiger partial charge >= 0.3 is 11.9 Å². The summed E-state index contributed by atoms with van der Waals surface area (Å²) in [6, 6.07) is 10.1. The molecule has 2 aromatic carbocycles. The van der Waals surface area contributed by atoms with E-state index >= 15 is 0 Å². The van der Waals surface area contributed by atoms with Crippen LogP contribution in [0.25, 0.3) is 0 Å². The van der Waals surface area contributed by atoms with Crippen LogP contribution in [0.1, 0.15) is 45.2 Å². The van der Waals surface area contributed by atoms with E-state index < -0.39 is 18.0 Å². The third-order valence-electron chi connectivity index (χ3n) is 4.80. The fraction of sp³-hybridized carbons (Fsp3) is 0.318. The Balaban J connectivity index is 1.74. The fourth-order valence-corrected chi connectivity index (χ4v) is 3.29. The van der Waals surface area contributed by atoms with Gasteiger partial charge in [-0.05, 0) is 67.6 Å². The second kappa shape index (κ2) is 8.77. The molecule has 0 radical (unpaired) electrons. The van der Waals surface area contributed by atoms with Crippen LogP contribution in [-0.2, 0) is 27.1 Å². The highest BCUT2D eigenvalue weighted by Gasteiger charge is 2.20. The van der Waals surface area contributed by atoms with Gasteiger partial charge in [-0.15, -0.1) is 0 Å². The molecule has 1 atom stereocenters. The first-order valence-corrected chi connectivity index (χ1v) is 9.32. The first-order valence-electron chi connectivity index (χ1n) is 9.32. The van der Waals surface area contributed by atoms with Crippen molar-refractivity contribution in [1.82, 2.24) is 0 Å². The maximum Gasteiger partial charge on any atom is 0.338 e. The van der Waals surface area contributed by atoms with E-state index in [2.05, 4.69) is 5.32 Å². The average molecular weight is 397 g/mol. The minimum atomic E-state index is -0.860. The summed E-state index contributed by atoms with van der Waals surface area (Å²) in [7, 11) is 2.47. The topological polar surface area (TPSA) is 90.9 Å². The third-order valence-corrected chi connectivity index (χ3v) is 4.80. The Kier molecular flexibility index (Phi) is 6.16. The minimum Gasteiger partial charge on any atom is -0.481 e. The molecule has 0 heterocycles. The van der Waals surface area contributed by atoms with Gasteiger partial charge in [0.15, 0.2) is 6.10 Å². The number of esters is 2. The number of ether oxygens (including phenoxy) is 3. The number of carbonyl (C=O) groups excluding carboxylic acids is 3. The smallest absolute Gasteiger partial charge is 0.338 e. The molecule has 152 valence electrons. The molecule has 7 heteroatoms. The lowest BCUT2D eigenvalue weighted by Gasteiger charge is -2.16. The normalized spacial score (nSPS) is 13.2. The van der Waals surface area contributed by atoms with Crippen LogP contribution in [0.15, 0.2) is 36.4 Å². The third kappa shape index (κ3) is 4.74. The summed E-state index contributed by atoms with van der Waals surface area (Å²) in [6.07, 6.45) is 2.36. The monoisotopic (exact) mass is 397 g/mol. The number of nitrogens with one attached hydrogen (secondary N) is 1. The van der Waals surface area contributed by atoms with E-state index in [0.717, 1.165) is 19.3 Å². The van der Waals surface area contributed by atoms with Crippen LogP contribution < -0.4 is 10.1 Å². The number of benzene rings is 2. The number of amides is 1. The summed E-state index contributed by atoms with van der Waals surface area (Å²) >= 11 is 0. The molecule has 0 aromatic heterocycles. The molecule has 0 fully saturated rings. The van der Waals surface area contributed by atoms with E-state index in [1.54, 1.807) is 6.92 Å². The largest absolute Gasteiger partial charge is 0.481 e. The van der Waals surface area contributed by atoms with Gasteiger partial charge in [-0.25, -0.2) is 9.59 Å². The average Bonchev–Trinajstić information content (AvgIpc) is 3.20. The maximum atomic E-state index is 12.5. The zero-order chi connectivity index (χ0) is 21.0. The summed E-state index contributed by atoms with van der Waals surface area (Å²) in [5, 5.41) is 2.84. The zero-order valence-electron chi connectivity index (χ0n) is 16.6. The van der Waals surface area contributed by atoms with Crippen molar-refractivity contribution in [2.45, 2.75) is 32.3 Å². The molecule has 0 spiro atoms. The second-order valence-corrected chi connectivity index (χ2v) is 6.82. The molecule has 2 aromatic rings. The molecule has 0 saturated carbocycles. The summed E-state index contributed by atoms with van der Waals surface area (Å²) in [4.78, 5) is 36.3. The van der Waals surface area contributed by atoms with Gasteiger partial charge in [0.2, 0.25) is 0 Å². The quantitative estimate of drug-likeness (QED) is 0.753. The molecular formula is C22H23NO6. The highest BCUT2D eigenvalue weighted by Crippen LogP contribution is 2.25.